The van der Waals surface area contributed by atoms with Crippen LogP contribution in [-0.2, 0) is 16.0 Å². The fraction of sp³-hybridized carbons (Fsp3) is 0.267. The van der Waals surface area contributed by atoms with E-state index in [1.165, 1.54) is 11.3 Å². The summed E-state index contributed by atoms with van der Waals surface area (Å²) in [6.45, 7) is 1.64. The Morgan fingerprint density at radius 2 is 2.04 bits per heavy atom. The van der Waals surface area contributed by atoms with Crippen LogP contribution in [-0.4, -0.2) is 28.6 Å². The summed E-state index contributed by atoms with van der Waals surface area (Å²) in [5.74, 6) is -0.653. The monoisotopic (exact) mass is 354 g/mol. The third-order valence-corrected chi connectivity index (χ3v) is 4.27. The molecule has 8 heteroatoms. The number of carbonyl (C=O) groups is 2. The molecule has 0 aliphatic rings. The third-order valence-electron chi connectivity index (χ3n) is 2.89. The second kappa shape index (κ2) is 7.94. The Morgan fingerprint density at radius 3 is 2.70 bits per heavy atom. The normalized spacial score (nSPS) is 10.3. The largest absolute Gasteiger partial charge is 0.484 e. The Balaban J connectivity index is 1.86. The Labute approximate surface area is 142 Å². The van der Waals surface area contributed by atoms with E-state index in [2.05, 4.69) is 10.3 Å². The number of ether oxygens (including phenoxy) is 1. The fourth-order valence-electron chi connectivity index (χ4n) is 1.77. The number of carbonyl (C=O) groups excluding carboxylic acids is 1. The third kappa shape index (κ3) is 5.54. The van der Waals surface area contributed by atoms with Gasteiger partial charge in [-0.1, -0.05) is 11.6 Å². The lowest BCUT2D eigenvalue weighted by atomic mass is 10.2. The molecule has 23 heavy (non-hydrogen) atoms. The molecule has 0 aliphatic heterocycles. The van der Waals surface area contributed by atoms with Crippen LogP contribution in [0.3, 0.4) is 0 Å². The molecule has 0 unspecified atom stereocenters. The minimum atomic E-state index is -0.861. The maximum atomic E-state index is 11.8. The average molecular weight is 355 g/mol. The van der Waals surface area contributed by atoms with E-state index in [9.17, 15) is 9.59 Å². The Hall–Kier alpha value is -2.12. The number of nitrogens with zero attached hydrogens (tertiary/aromatic N) is 1. The quantitative estimate of drug-likeness (QED) is 0.797. The summed E-state index contributed by atoms with van der Waals surface area (Å²) in [5, 5.41) is 12.4. The van der Waals surface area contributed by atoms with Gasteiger partial charge in [-0.3, -0.25) is 14.9 Å². The van der Waals surface area contributed by atoms with Gasteiger partial charge in [-0.25, -0.2) is 4.98 Å². The number of halogens is 1. The van der Waals surface area contributed by atoms with Crippen LogP contribution >= 0.6 is 22.9 Å². The van der Waals surface area contributed by atoms with Crippen molar-refractivity contribution in [2.45, 2.75) is 19.8 Å². The van der Waals surface area contributed by atoms with Gasteiger partial charge in [-0.2, -0.15) is 0 Å². The van der Waals surface area contributed by atoms with E-state index in [-0.39, 0.29) is 18.9 Å². The number of nitrogens with one attached hydrogen (secondary N) is 1. The molecule has 6 nitrogen and oxygen atoms in total. The van der Waals surface area contributed by atoms with Gasteiger partial charge in [0.05, 0.1) is 12.1 Å². The number of rotatable bonds is 7. The zero-order valence-corrected chi connectivity index (χ0v) is 13.9. The minimum absolute atomic E-state index is 0.0378. The zero-order chi connectivity index (χ0) is 16.8. The molecular formula is C15H15ClN2O4S. The number of carboxylic acids is 1. The molecule has 1 aromatic heterocycles. The second-order valence-corrected chi connectivity index (χ2v) is 6.23. The number of amides is 1. The van der Waals surface area contributed by atoms with E-state index in [0.29, 0.717) is 22.3 Å². The summed E-state index contributed by atoms with van der Waals surface area (Å²) in [4.78, 5) is 27.5. The molecule has 1 heterocycles. The van der Waals surface area contributed by atoms with Crippen LogP contribution < -0.4 is 10.1 Å². The molecular weight excluding hydrogens is 340 g/mol. The van der Waals surface area contributed by atoms with Crippen molar-refractivity contribution in [1.82, 2.24) is 4.98 Å². The lowest BCUT2D eigenvalue weighted by Gasteiger charge is -2.05. The zero-order valence-electron chi connectivity index (χ0n) is 12.3. The summed E-state index contributed by atoms with van der Waals surface area (Å²) in [6.07, 6.45) is 0.437. The van der Waals surface area contributed by atoms with E-state index in [4.69, 9.17) is 21.4 Å². The maximum Gasteiger partial charge on any atom is 0.303 e. The SMILES string of the molecule is Cc1nc(NC(=O)COc2ccc(Cl)cc2)sc1CCC(=O)O. The van der Waals surface area contributed by atoms with Crippen LogP contribution in [0.4, 0.5) is 5.13 Å². The lowest BCUT2D eigenvalue weighted by molar-refractivity contribution is -0.136. The van der Waals surface area contributed by atoms with Gasteiger partial charge in [0.1, 0.15) is 5.75 Å². The van der Waals surface area contributed by atoms with Crippen molar-refractivity contribution in [1.29, 1.82) is 0 Å². The minimum Gasteiger partial charge on any atom is -0.484 e. The van der Waals surface area contributed by atoms with E-state index in [1.54, 1.807) is 31.2 Å². The molecule has 0 radical (unpaired) electrons. The van der Waals surface area contributed by atoms with Gasteiger partial charge in [0.15, 0.2) is 11.7 Å². The molecule has 122 valence electrons. The first-order valence-electron chi connectivity index (χ1n) is 6.80. The summed E-state index contributed by atoms with van der Waals surface area (Å²) >= 11 is 7.04. The predicted molar refractivity (Wildman–Crippen MR) is 88.4 cm³/mol. The molecule has 0 fully saturated rings. The second-order valence-electron chi connectivity index (χ2n) is 4.71. The number of aliphatic carboxylic acids is 1. The summed E-state index contributed by atoms with van der Waals surface area (Å²) in [6, 6.07) is 6.70. The van der Waals surface area contributed by atoms with E-state index >= 15 is 0 Å². The fourth-order valence-corrected chi connectivity index (χ4v) is 2.87. The van der Waals surface area contributed by atoms with Gasteiger partial charge in [0.2, 0.25) is 0 Å². The number of carboxylic acid groups (broad SMARTS) is 1. The van der Waals surface area contributed by atoms with Gasteiger partial charge in [-0.05, 0) is 37.6 Å². The van der Waals surface area contributed by atoms with Crippen molar-refractivity contribution >= 4 is 39.9 Å². The Morgan fingerprint density at radius 1 is 1.35 bits per heavy atom. The summed E-state index contributed by atoms with van der Waals surface area (Å²) < 4.78 is 5.34. The first-order valence-corrected chi connectivity index (χ1v) is 8.00. The average Bonchev–Trinajstić information content (AvgIpc) is 2.84. The molecule has 0 bridgehead atoms. The highest BCUT2D eigenvalue weighted by Crippen LogP contribution is 2.24. The number of thiazole rings is 1. The molecule has 2 aromatic rings. The van der Waals surface area contributed by atoms with Crippen LogP contribution in [0.1, 0.15) is 17.0 Å². The van der Waals surface area contributed by atoms with Crippen LogP contribution in [0.15, 0.2) is 24.3 Å². The molecule has 0 aliphatic carbocycles. The number of aryl methyl sites for hydroxylation is 2. The number of anilines is 1. The number of hydrogen-bond donors (Lipinski definition) is 2. The molecule has 0 atom stereocenters. The van der Waals surface area contributed by atoms with Gasteiger partial charge in [0.25, 0.3) is 5.91 Å². The predicted octanol–water partition coefficient (Wildman–Crippen LogP) is 3.14. The van der Waals surface area contributed by atoms with Crippen LogP contribution in [0.5, 0.6) is 5.75 Å². The van der Waals surface area contributed by atoms with Crippen molar-refractivity contribution < 1.29 is 19.4 Å². The Bertz CT molecular complexity index is 700. The smallest absolute Gasteiger partial charge is 0.303 e. The van der Waals surface area contributed by atoms with Crippen molar-refractivity contribution in [3.05, 3.63) is 39.9 Å². The van der Waals surface area contributed by atoms with Crippen molar-refractivity contribution in [3.63, 3.8) is 0 Å². The molecule has 0 saturated carbocycles. The maximum absolute atomic E-state index is 11.8. The number of benzene rings is 1. The van der Waals surface area contributed by atoms with Crippen molar-refractivity contribution in [3.8, 4) is 5.75 Å². The number of aromatic nitrogens is 1. The lowest BCUT2D eigenvalue weighted by Crippen LogP contribution is -2.20. The van der Waals surface area contributed by atoms with E-state index in [1.807, 2.05) is 0 Å². The first kappa shape index (κ1) is 17.2. The van der Waals surface area contributed by atoms with E-state index < -0.39 is 5.97 Å². The van der Waals surface area contributed by atoms with Gasteiger partial charge in [0, 0.05) is 9.90 Å². The van der Waals surface area contributed by atoms with Gasteiger partial charge >= 0.3 is 5.97 Å². The molecule has 0 saturated heterocycles. The van der Waals surface area contributed by atoms with Crippen LogP contribution in [0.2, 0.25) is 5.02 Å². The molecule has 2 rings (SSSR count). The highest BCUT2D eigenvalue weighted by Gasteiger charge is 2.12. The highest BCUT2D eigenvalue weighted by molar-refractivity contribution is 7.15. The summed E-state index contributed by atoms with van der Waals surface area (Å²) in [5.41, 5.74) is 0.727. The van der Waals surface area contributed by atoms with Crippen molar-refractivity contribution in [2.75, 3.05) is 11.9 Å². The van der Waals surface area contributed by atoms with E-state index in [0.717, 1.165) is 10.6 Å². The highest BCUT2D eigenvalue weighted by atomic mass is 35.5. The molecule has 1 amide bonds. The van der Waals surface area contributed by atoms with Gasteiger partial charge < -0.3 is 9.84 Å². The topological polar surface area (TPSA) is 88.5 Å². The van der Waals surface area contributed by atoms with Crippen LogP contribution in [0, 0.1) is 6.92 Å². The number of hydrogen-bond acceptors (Lipinski definition) is 5. The van der Waals surface area contributed by atoms with Gasteiger partial charge in [-0.15, -0.1) is 11.3 Å². The van der Waals surface area contributed by atoms with Crippen molar-refractivity contribution in [2.24, 2.45) is 0 Å². The van der Waals surface area contributed by atoms with Crippen LogP contribution in [0.25, 0.3) is 0 Å². The molecule has 2 N–H and O–H groups in total. The summed E-state index contributed by atoms with van der Waals surface area (Å²) in [7, 11) is 0. The molecule has 0 spiro atoms. The molecule has 1 aromatic carbocycles. The Kier molecular flexibility index (Phi) is 5.95. The standard InChI is InChI=1S/C15H15ClN2O4S/c1-9-12(6-7-14(20)21)23-15(17-9)18-13(19)8-22-11-4-2-10(16)3-5-11/h2-5H,6-8H2,1H3,(H,20,21)(H,17,18,19). The first-order chi connectivity index (χ1) is 10.9.